The maximum Gasteiger partial charge on any atom is 0.272 e. The van der Waals surface area contributed by atoms with Gasteiger partial charge in [-0.25, -0.2) is 0 Å². The molecule has 0 aliphatic rings. The summed E-state index contributed by atoms with van der Waals surface area (Å²) in [5.41, 5.74) is 1.69. The van der Waals surface area contributed by atoms with Crippen LogP contribution in [0.5, 0.6) is 0 Å². The number of aromatic nitrogens is 2. The number of nitrogens with zero attached hydrogens (tertiary/aromatic N) is 3. The third-order valence-electron chi connectivity index (χ3n) is 2.76. The monoisotopic (exact) mass is 223 g/mol. The van der Waals surface area contributed by atoms with Crippen LogP contribution in [0.25, 0.3) is 0 Å². The van der Waals surface area contributed by atoms with Crippen LogP contribution in [0.4, 0.5) is 0 Å². The molecule has 1 rings (SSSR count). The van der Waals surface area contributed by atoms with Gasteiger partial charge in [-0.2, -0.15) is 5.10 Å². The topological polar surface area (TPSA) is 38.1 Å². The molecular weight excluding hydrogens is 202 g/mol. The van der Waals surface area contributed by atoms with Gasteiger partial charge in [-0.05, 0) is 33.3 Å². The summed E-state index contributed by atoms with van der Waals surface area (Å²) in [6.45, 7) is 10.3. The van der Waals surface area contributed by atoms with E-state index in [0.29, 0.717) is 5.69 Å². The third-order valence-corrected chi connectivity index (χ3v) is 2.76. The van der Waals surface area contributed by atoms with E-state index in [1.54, 1.807) is 4.68 Å². The van der Waals surface area contributed by atoms with E-state index < -0.39 is 0 Å². The third kappa shape index (κ3) is 2.43. The van der Waals surface area contributed by atoms with Gasteiger partial charge >= 0.3 is 0 Å². The summed E-state index contributed by atoms with van der Waals surface area (Å²) in [6.07, 6.45) is 0.867. The zero-order valence-corrected chi connectivity index (χ0v) is 10.7. The summed E-state index contributed by atoms with van der Waals surface area (Å²) >= 11 is 0. The van der Waals surface area contributed by atoms with Gasteiger partial charge in [0.05, 0.1) is 5.69 Å². The normalized spacial score (nSPS) is 10.5. The Hall–Kier alpha value is -1.32. The highest BCUT2D eigenvalue weighted by atomic mass is 16.2. The number of carbonyl (C=O) groups excluding carboxylic acids is 1. The van der Waals surface area contributed by atoms with Crippen LogP contribution in [0.2, 0.25) is 0 Å². The fraction of sp³-hybridized carbons (Fsp3) is 0.667. The Morgan fingerprint density at radius 1 is 1.31 bits per heavy atom. The van der Waals surface area contributed by atoms with Crippen LogP contribution in [0.1, 0.15) is 43.9 Å². The minimum absolute atomic E-state index is 0.0825. The van der Waals surface area contributed by atoms with Gasteiger partial charge in [0, 0.05) is 19.6 Å². The molecule has 0 spiro atoms. The van der Waals surface area contributed by atoms with Gasteiger partial charge in [-0.15, -0.1) is 0 Å². The summed E-state index contributed by atoms with van der Waals surface area (Å²) < 4.78 is 1.79. The van der Waals surface area contributed by atoms with E-state index in [9.17, 15) is 4.79 Å². The second-order valence-corrected chi connectivity index (χ2v) is 3.67. The van der Waals surface area contributed by atoms with Crippen molar-refractivity contribution >= 4 is 5.91 Å². The summed E-state index contributed by atoms with van der Waals surface area (Å²) in [6, 6.07) is 1.91. The first-order chi connectivity index (χ1) is 7.67. The molecule has 4 heteroatoms. The van der Waals surface area contributed by atoms with E-state index >= 15 is 0 Å². The van der Waals surface area contributed by atoms with E-state index in [0.717, 1.165) is 31.7 Å². The molecule has 0 atom stereocenters. The van der Waals surface area contributed by atoms with Gasteiger partial charge in [0.15, 0.2) is 0 Å². The average molecular weight is 223 g/mol. The number of aryl methyl sites for hydroxylation is 2. The first kappa shape index (κ1) is 12.7. The lowest BCUT2D eigenvalue weighted by Gasteiger charge is -2.18. The van der Waals surface area contributed by atoms with Gasteiger partial charge in [0.1, 0.15) is 5.69 Å². The maximum absolute atomic E-state index is 12.2. The number of amides is 1. The molecule has 1 aromatic rings. The summed E-state index contributed by atoms with van der Waals surface area (Å²) in [7, 11) is 0. The molecular formula is C12H21N3O. The van der Waals surface area contributed by atoms with Crippen LogP contribution in [-0.4, -0.2) is 33.7 Å². The molecule has 1 amide bonds. The Morgan fingerprint density at radius 2 is 1.94 bits per heavy atom. The molecule has 90 valence electrons. The Morgan fingerprint density at radius 3 is 2.38 bits per heavy atom. The number of carbonyl (C=O) groups is 1. The highest BCUT2D eigenvalue weighted by molar-refractivity contribution is 5.92. The van der Waals surface area contributed by atoms with Crippen LogP contribution in [0.3, 0.4) is 0 Å². The molecule has 16 heavy (non-hydrogen) atoms. The summed E-state index contributed by atoms with van der Waals surface area (Å²) in [4.78, 5) is 14.0. The minimum Gasteiger partial charge on any atom is -0.338 e. The average Bonchev–Trinajstić information content (AvgIpc) is 2.73. The lowest BCUT2D eigenvalue weighted by atomic mass is 10.3. The van der Waals surface area contributed by atoms with Crippen molar-refractivity contribution < 1.29 is 4.79 Å². The molecule has 0 aliphatic heterocycles. The zero-order chi connectivity index (χ0) is 12.1. The van der Waals surface area contributed by atoms with Gasteiger partial charge < -0.3 is 4.90 Å². The van der Waals surface area contributed by atoms with Crippen LogP contribution in [0, 0.1) is 0 Å². The molecule has 4 nitrogen and oxygen atoms in total. The lowest BCUT2D eigenvalue weighted by molar-refractivity contribution is 0.0760. The molecule has 0 radical (unpaired) electrons. The van der Waals surface area contributed by atoms with Crippen molar-refractivity contribution in [3.63, 3.8) is 0 Å². The predicted octanol–water partition coefficient (Wildman–Crippen LogP) is 1.95. The Kier molecular flexibility index (Phi) is 4.52. The number of hydrogen-bond acceptors (Lipinski definition) is 2. The number of hydrogen-bond donors (Lipinski definition) is 0. The predicted molar refractivity (Wildman–Crippen MR) is 64.5 cm³/mol. The quantitative estimate of drug-likeness (QED) is 0.765. The van der Waals surface area contributed by atoms with Crippen molar-refractivity contribution in [3.05, 3.63) is 17.5 Å². The summed E-state index contributed by atoms with van der Waals surface area (Å²) in [5, 5.41) is 4.39. The van der Waals surface area contributed by atoms with Crippen molar-refractivity contribution in [2.75, 3.05) is 13.1 Å². The largest absolute Gasteiger partial charge is 0.338 e. The Balaban J connectivity index is 3.01. The molecule has 0 unspecified atom stereocenters. The second-order valence-electron chi connectivity index (χ2n) is 3.67. The molecule has 0 saturated carbocycles. The van der Waals surface area contributed by atoms with E-state index in [1.165, 1.54) is 0 Å². The van der Waals surface area contributed by atoms with E-state index in [4.69, 9.17) is 0 Å². The van der Waals surface area contributed by atoms with Crippen molar-refractivity contribution in [3.8, 4) is 0 Å². The van der Waals surface area contributed by atoms with Gasteiger partial charge in [0.25, 0.3) is 5.91 Å². The van der Waals surface area contributed by atoms with Gasteiger partial charge in [0.2, 0.25) is 0 Å². The first-order valence-electron chi connectivity index (χ1n) is 6.03. The van der Waals surface area contributed by atoms with E-state index in [2.05, 4.69) is 5.10 Å². The molecule has 1 aromatic heterocycles. The molecule has 0 saturated heterocycles. The van der Waals surface area contributed by atoms with Crippen molar-refractivity contribution in [2.45, 2.75) is 40.7 Å². The van der Waals surface area contributed by atoms with Gasteiger partial charge in [-0.3, -0.25) is 9.48 Å². The lowest BCUT2D eigenvalue weighted by Crippen LogP contribution is -2.32. The number of rotatable bonds is 5. The van der Waals surface area contributed by atoms with E-state index in [1.807, 2.05) is 38.7 Å². The molecule has 0 aromatic carbocycles. The molecule has 1 heterocycles. The molecule has 0 bridgehead atoms. The van der Waals surface area contributed by atoms with Crippen LogP contribution in [-0.2, 0) is 13.0 Å². The minimum atomic E-state index is 0.0825. The first-order valence-corrected chi connectivity index (χ1v) is 6.03. The Bertz CT molecular complexity index is 353. The van der Waals surface area contributed by atoms with E-state index in [-0.39, 0.29) is 5.91 Å². The maximum atomic E-state index is 12.2. The highest BCUT2D eigenvalue weighted by Gasteiger charge is 2.18. The van der Waals surface area contributed by atoms with Crippen LogP contribution < -0.4 is 0 Å². The standard InChI is InChI=1S/C12H21N3O/c1-5-10-9-11(15(8-4)13-10)12(16)14(6-2)7-3/h9H,5-8H2,1-4H3. The highest BCUT2D eigenvalue weighted by Crippen LogP contribution is 2.09. The fourth-order valence-electron chi connectivity index (χ4n) is 1.73. The molecule has 0 fully saturated rings. The second kappa shape index (κ2) is 5.68. The fourth-order valence-corrected chi connectivity index (χ4v) is 1.73. The van der Waals surface area contributed by atoms with Crippen LogP contribution in [0.15, 0.2) is 6.07 Å². The molecule has 0 N–H and O–H groups in total. The van der Waals surface area contributed by atoms with Crippen molar-refractivity contribution in [1.29, 1.82) is 0 Å². The SMILES string of the molecule is CCc1cc(C(=O)N(CC)CC)n(CC)n1. The van der Waals surface area contributed by atoms with Gasteiger partial charge in [-0.1, -0.05) is 6.92 Å². The molecule has 0 aliphatic carbocycles. The zero-order valence-electron chi connectivity index (χ0n) is 10.7. The summed E-state index contributed by atoms with van der Waals surface area (Å²) in [5.74, 6) is 0.0825. The van der Waals surface area contributed by atoms with Crippen LogP contribution >= 0.6 is 0 Å². The van der Waals surface area contributed by atoms with Crippen molar-refractivity contribution in [1.82, 2.24) is 14.7 Å². The smallest absolute Gasteiger partial charge is 0.272 e. The van der Waals surface area contributed by atoms with Crippen molar-refractivity contribution in [2.24, 2.45) is 0 Å². The Labute approximate surface area is 97.2 Å².